The van der Waals surface area contributed by atoms with Crippen molar-refractivity contribution in [3.8, 4) is 0 Å². The maximum atomic E-state index is 12.5. The third-order valence-corrected chi connectivity index (χ3v) is 6.48. The zero-order valence-corrected chi connectivity index (χ0v) is 17.6. The SMILES string of the molecule is Cc1cc([B]O)ccc1CC(=O)CCC1CCCC(c2cccc(CN)c2)CC1. The fourth-order valence-corrected chi connectivity index (χ4v) is 4.64. The Bertz CT molecular complexity index is 820. The Kier molecular flexibility index (Phi) is 8.08. The number of carbonyl (C=O) groups excluding carboxylic acids is 1. The Morgan fingerprint density at radius 1 is 1.14 bits per heavy atom. The van der Waals surface area contributed by atoms with Crippen LogP contribution in [-0.2, 0) is 17.8 Å². The molecule has 0 aromatic heterocycles. The first-order valence-electron chi connectivity index (χ1n) is 11.0. The Morgan fingerprint density at radius 2 is 2.00 bits per heavy atom. The number of rotatable bonds is 8. The Balaban J connectivity index is 1.48. The number of carbonyl (C=O) groups is 1. The molecule has 2 atom stereocenters. The minimum absolute atomic E-state index is 0.324. The van der Waals surface area contributed by atoms with Crippen molar-refractivity contribution in [2.24, 2.45) is 11.7 Å². The first kappa shape index (κ1) is 21.8. The highest BCUT2D eigenvalue weighted by Crippen LogP contribution is 2.36. The van der Waals surface area contributed by atoms with E-state index in [1.54, 1.807) is 0 Å². The van der Waals surface area contributed by atoms with Crippen LogP contribution in [0.4, 0.5) is 0 Å². The van der Waals surface area contributed by atoms with Crippen LogP contribution in [0.1, 0.15) is 73.1 Å². The zero-order chi connectivity index (χ0) is 20.6. The molecule has 1 aliphatic rings. The first-order chi connectivity index (χ1) is 14.1. The third kappa shape index (κ3) is 6.29. The number of ketones is 1. The lowest BCUT2D eigenvalue weighted by atomic mass is 9.85. The molecule has 29 heavy (non-hydrogen) atoms. The average Bonchev–Trinajstić information content (AvgIpc) is 2.99. The van der Waals surface area contributed by atoms with Crippen molar-refractivity contribution >= 4 is 18.7 Å². The summed E-state index contributed by atoms with van der Waals surface area (Å²) in [6, 6.07) is 14.5. The van der Waals surface area contributed by atoms with Crippen LogP contribution in [0.25, 0.3) is 0 Å². The zero-order valence-electron chi connectivity index (χ0n) is 17.6. The molecule has 2 aromatic carbocycles. The van der Waals surface area contributed by atoms with Crippen LogP contribution in [0.15, 0.2) is 42.5 Å². The van der Waals surface area contributed by atoms with E-state index in [0.717, 1.165) is 30.5 Å². The Labute approximate surface area is 176 Å². The molecular formula is C25H33BNO2. The van der Waals surface area contributed by atoms with Crippen molar-refractivity contribution in [3.05, 3.63) is 64.7 Å². The van der Waals surface area contributed by atoms with E-state index in [1.165, 1.54) is 43.2 Å². The van der Waals surface area contributed by atoms with Crippen molar-refractivity contribution in [2.75, 3.05) is 0 Å². The largest absolute Gasteiger partial charge is 0.450 e. The van der Waals surface area contributed by atoms with Crippen molar-refractivity contribution in [2.45, 2.75) is 70.8 Å². The highest BCUT2D eigenvalue weighted by atomic mass is 16.2. The van der Waals surface area contributed by atoms with Gasteiger partial charge in [-0.2, -0.15) is 0 Å². The highest BCUT2D eigenvalue weighted by Gasteiger charge is 2.21. The van der Waals surface area contributed by atoms with Gasteiger partial charge >= 0.3 is 7.48 Å². The maximum Gasteiger partial charge on any atom is 0.326 e. The summed E-state index contributed by atoms with van der Waals surface area (Å²) in [5.41, 5.74) is 11.4. The second kappa shape index (κ2) is 10.8. The molecule has 1 fully saturated rings. The number of benzene rings is 2. The molecule has 4 heteroatoms. The van der Waals surface area contributed by atoms with Gasteiger partial charge in [0.05, 0.1) is 0 Å². The van der Waals surface area contributed by atoms with Gasteiger partial charge in [0.2, 0.25) is 0 Å². The summed E-state index contributed by atoms with van der Waals surface area (Å²) in [7, 11) is 1.10. The van der Waals surface area contributed by atoms with Crippen LogP contribution in [0, 0.1) is 12.8 Å². The number of Topliss-reactive ketones (excluding diaryl/α,β-unsaturated/α-hetero) is 1. The maximum absolute atomic E-state index is 12.5. The van der Waals surface area contributed by atoms with Crippen LogP contribution in [0.5, 0.6) is 0 Å². The Hall–Kier alpha value is -1.91. The van der Waals surface area contributed by atoms with Crippen LogP contribution in [0.2, 0.25) is 0 Å². The molecule has 0 bridgehead atoms. The van der Waals surface area contributed by atoms with Gasteiger partial charge in [-0.15, -0.1) is 0 Å². The minimum Gasteiger partial charge on any atom is -0.450 e. The molecule has 0 amide bonds. The van der Waals surface area contributed by atoms with Crippen molar-refractivity contribution in [1.29, 1.82) is 0 Å². The molecular weight excluding hydrogens is 357 g/mol. The topological polar surface area (TPSA) is 63.3 Å². The summed E-state index contributed by atoms with van der Waals surface area (Å²) in [5.74, 6) is 1.62. The van der Waals surface area contributed by atoms with E-state index in [9.17, 15) is 4.79 Å². The normalized spacial score (nSPS) is 19.6. The summed E-state index contributed by atoms with van der Waals surface area (Å²) in [4.78, 5) is 12.5. The Morgan fingerprint density at radius 3 is 2.76 bits per heavy atom. The summed E-state index contributed by atoms with van der Waals surface area (Å²) >= 11 is 0. The molecule has 1 radical (unpaired) electrons. The fraction of sp³-hybridized carbons (Fsp3) is 0.480. The smallest absolute Gasteiger partial charge is 0.326 e. The van der Waals surface area contributed by atoms with Gasteiger partial charge in [-0.3, -0.25) is 4.79 Å². The fourth-order valence-electron chi connectivity index (χ4n) is 4.64. The van der Waals surface area contributed by atoms with Crippen LogP contribution in [0.3, 0.4) is 0 Å². The molecule has 2 aromatic rings. The molecule has 0 aliphatic heterocycles. The standard InChI is InChI=1S/C25H33BNO2/c1-18-14-24(26-29)12-11-22(18)16-25(28)13-9-19-4-2-6-21(10-8-19)23-7-3-5-20(15-23)17-27/h3,5,7,11-12,14-15,19,21,29H,2,4,6,8-10,13,16-17,27H2,1H3. The quantitative estimate of drug-likeness (QED) is 0.530. The van der Waals surface area contributed by atoms with Gasteiger partial charge in [0.1, 0.15) is 5.78 Å². The second-order valence-electron chi connectivity index (χ2n) is 8.59. The van der Waals surface area contributed by atoms with Gasteiger partial charge in [-0.05, 0) is 66.7 Å². The summed E-state index contributed by atoms with van der Waals surface area (Å²) in [5, 5.41) is 9.11. The molecule has 0 heterocycles. The number of hydrogen-bond donors (Lipinski definition) is 2. The highest BCUT2D eigenvalue weighted by molar-refractivity contribution is 6.45. The summed E-state index contributed by atoms with van der Waals surface area (Å²) in [6.07, 6.45) is 8.33. The van der Waals surface area contributed by atoms with Gasteiger partial charge in [0.25, 0.3) is 0 Å². The predicted molar refractivity (Wildman–Crippen MR) is 120 cm³/mol. The molecule has 0 saturated heterocycles. The van der Waals surface area contributed by atoms with Gasteiger partial charge in [-0.25, -0.2) is 0 Å². The van der Waals surface area contributed by atoms with E-state index in [0.29, 0.717) is 37.0 Å². The molecule has 2 unspecified atom stereocenters. The molecule has 3 rings (SSSR count). The van der Waals surface area contributed by atoms with Crippen molar-refractivity contribution < 1.29 is 9.82 Å². The lowest BCUT2D eigenvalue weighted by Crippen LogP contribution is -2.15. The molecule has 1 aliphatic carbocycles. The van der Waals surface area contributed by atoms with Crippen LogP contribution >= 0.6 is 0 Å². The van der Waals surface area contributed by atoms with Gasteiger partial charge in [-0.1, -0.05) is 60.8 Å². The van der Waals surface area contributed by atoms with Crippen molar-refractivity contribution in [3.63, 3.8) is 0 Å². The predicted octanol–water partition coefficient (Wildman–Crippen LogP) is 3.95. The number of nitrogens with two attached hydrogens (primary N) is 1. The molecule has 0 spiro atoms. The average molecular weight is 390 g/mol. The van der Waals surface area contributed by atoms with E-state index in [1.807, 2.05) is 25.1 Å². The van der Waals surface area contributed by atoms with Gasteiger partial charge < -0.3 is 10.8 Å². The van der Waals surface area contributed by atoms with Gasteiger partial charge in [0, 0.05) is 19.4 Å². The summed E-state index contributed by atoms with van der Waals surface area (Å²) in [6.45, 7) is 2.60. The molecule has 1 saturated carbocycles. The molecule has 153 valence electrons. The van der Waals surface area contributed by atoms with E-state index in [-0.39, 0.29) is 0 Å². The number of hydrogen-bond acceptors (Lipinski definition) is 3. The third-order valence-electron chi connectivity index (χ3n) is 6.48. The lowest BCUT2D eigenvalue weighted by molar-refractivity contribution is -0.118. The van der Waals surface area contributed by atoms with Crippen LogP contribution in [-0.4, -0.2) is 18.3 Å². The van der Waals surface area contributed by atoms with Gasteiger partial charge in [0.15, 0.2) is 0 Å². The minimum atomic E-state index is 0.324. The van der Waals surface area contributed by atoms with E-state index in [4.69, 9.17) is 10.8 Å². The lowest BCUT2D eigenvalue weighted by Gasteiger charge is -2.16. The monoisotopic (exact) mass is 390 g/mol. The second-order valence-corrected chi connectivity index (χ2v) is 8.59. The number of aryl methyl sites for hydroxylation is 1. The molecule has 3 N–H and O–H groups in total. The molecule has 3 nitrogen and oxygen atoms in total. The van der Waals surface area contributed by atoms with Crippen LogP contribution < -0.4 is 11.2 Å². The van der Waals surface area contributed by atoms with Crippen molar-refractivity contribution in [1.82, 2.24) is 0 Å². The van der Waals surface area contributed by atoms with E-state index < -0.39 is 0 Å². The van der Waals surface area contributed by atoms with E-state index >= 15 is 0 Å². The first-order valence-corrected chi connectivity index (χ1v) is 11.0. The van der Waals surface area contributed by atoms with E-state index in [2.05, 4.69) is 24.3 Å². The summed E-state index contributed by atoms with van der Waals surface area (Å²) < 4.78 is 0.